The Kier molecular flexibility index (Phi) is 8.10. The summed E-state index contributed by atoms with van der Waals surface area (Å²) < 4.78 is 33.0. The highest BCUT2D eigenvalue weighted by Gasteiger charge is 2.30. The standard InChI is InChI=1S/C21H32N4O4S/c1-16(2)21(3,15-22)24-20(26)14-23-18-13-17(9-10-19(18)29-4)30(27,28)25-11-7-5-6-8-12-25/h9-10,13,16,23H,5-8,11-12,14H2,1-4H3,(H,24,26). The van der Waals surface area contributed by atoms with Crippen LogP contribution in [0.15, 0.2) is 23.1 Å². The van der Waals surface area contributed by atoms with Gasteiger partial charge in [-0.05, 0) is 43.9 Å². The Labute approximate surface area is 179 Å². The molecule has 1 unspecified atom stereocenters. The fraction of sp³-hybridized carbons (Fsp3) is 0.619. The van der Waals surface area contributed by atoms with Crippen molar-refractivity contribution in [3.8, 4) is 11.8 Å². The van der Waals surface area contributed by atoms with Crippen molar-refractivity contribution < 1.29 is 17.9 Å². The predicted octanol–water partition coefficient (Wildman–Crippen LogP) is 2.73. The molecule has 1 amide bonds. The number of rotatable bonds is 8. The number of anilines is 1. The second-order valence-corrected chi connectivity index (χ2v) is 9.99. The maximum absolute atomic E-state index is 13.1. The number of methoxy groups -OCH3 is 1. The summed E-state index contributed by atoms with van der Waals surface area (Å²) >= 11 is 0. The first-order valence-corrected chi connectivity index (χ1v) is 11.7. The van der Waals surface area contributed by atoms with Crippen molar-refractivity contribution >= 4 is 21.6 Å². The van der Waals surface area contributed by atoms with Crippen LogP contribution >= 0.6 is 0 Å². The highest BCUT2D eigenvalue weighted by molar-refractivity contribution is 7.89. The van der Waals surface area contributed by atoms with Crippen LogP contribution in [-0.4, -0.2) is 50.9 Å². The monoisotopic (exact) mass is 436 g/mol. The number of carbonyl (C=O) groups is 1. The van der Waals surface area contributed by atoms with Crippen LogP contribution in [0.25, 0.3) is 0 Å². The number of benzene rings is 1. The van der Waals surface area contributed by atoms with Gasteiger partial charge in [-0.3, -0.25) is 4.79 Å². The number of hydrogen-bond acceptors (Lipinski definition) is 6. The summed E-state index contributed by atoms with van der Waals surface area (Å²) in [7, 11) is -2.14. The maximum Gasteiger partial charge on any atom is 0.243 e. The second kappa shape index (κ2) is 10.1. The van der Waals surface area contributed by atoms with Crippen molar-refractivity contribution in [2.45, 2.75) is 56.9 Å². The third-order valence-corrected chi connectivity index (χ3v) is 7.49. The molecule has 0 radical (unpaired) electrons. The molecule has 2 rings (SSSR count). The lowest BCUT2D eigenvalue weighted by molar-refractivity contribution is -0.121. The second-order valence-electron chi connectivity index (χ2n) is 8.05. The first kappa shape index (κ1) is 24.0. The van der Waals surface area contributed by atoms with Crippen LogP contribution in [0.3, 0.4) is 0 Å². The lowest BCUT2D eigenvalue weighted by atomic mass is 9.90. The van der Waals surface area contributed by atoms with Gasteiger partial charge < -0.3 is 15.4 Å². The van der Waals surface area contributed by atoms with Gasteiger partial charge in [-0.1, -0.05) is 26.7 Å². The number of ether oxygens (including phenoxy) is 1. The lowest BCUT2D eigenvalue weighted by Gasteiger charge is -2.27. The number of carbonyl (C=O) groups excluding carboxylic acids is 1. The molecule has 1 atom stereocenters. The molecule has 0 aliphatic carbocycles. The molecule has 1 aromatic carbocycles. The zero-order chi connectivity index (χ0) is 22.4. The van der Waals surface area contributed by atoms with Gasteiger partial charge in [0.15, 0.2) is 0 Å². The molecule has 0 saturated carbocycles. The van der Waals surface area contributed by atoms with Gasteiger partial charge in [0.05, 0.1) is 30.3 Å². The van der Waals surface area contributed by atoms with Gasteiger partial charge >= 0.3 is 0 Å². The molecule has 2 N–H and O–H groups in total. The maximum atomic E-state index is 13.1. The Hall–Kier alpha value is -2.31. The predicted molar refractivity (Wildman–Crippen MR) is 116 cm³/mol. The highest BCUT2D eigenvalue weighted by atomic mass is 32.2. The van der Waals surface area contributed by atoms with E-state index in [-0.39, 0.29) is 23.3 Å². The summed E-state index contributed by atoms with van der Waals surface area (Å²) in [6.07, 6.45) is 3.78. The number of sulfonamides is 1. The Balaban J connectivity index is 2.18. The zero-order valence-electron chi connectivity index (χ0n) is 18.2. The Morgan fingerprint density at radius 3 is 2.43 bits per heavy atom. The summed E-state index contributed by atoms with van der Waals surface area (Å²) in [6, 6.07) is 6.73. The molecular weight excluding hydrogens is 404 g/mol. The highest BCUT2D eigenvalue weighted by Crippen LogP contribution is 2.29. The van der Waals surface area contributed by atoms with Crippen molar-refractivity contribution in [1.29, 1.82) is 5.26 Å². The third kappa shape index (κ3) is 5.64. The zero-order valence-corrected chi connectivity index (χ0v) is 19.0. The molecule has 9 heteroatoms. The molecule has 166 valence electrons. The first-order valence-electron chi connectivity index (χ1n) is 10.3. The third-order valence-electron chi connectivity index (χ3n) is 5.60. The molecule has 0 spiro atoms. The number of nitrogens with zero attached hydrogens (tertiary/aromatic N) is 2. The van der Waals surface area contributed by atoms with E-state index in [0.29, 0.717) is 24.5 Å². The van der Waals surface area contributed by atoms with E-state index < -0.39 is 15.6 Å². The van der Waals surface area contributed by atoms with Crippen molar-refractivity contribution in [2.75, 3.05) is 32.1 Å². The topological polar surface area (TPSA) is 112 Å². The van der Waals surface area contributed by atoms with Gasteiger partial charge in [-0.15, -0.1) is 0 Å². The number of nitrogens with one attached hydrogen (secondary N) is 2. The van der Waals surface area contributed by atoms with Crippen molar-refractivity contribution in [3.05, 3.63) is 18.2 Å². The average Bonchev–Trinajstić information content (AvgIpc) is 3.01. The van der Waals surface area contributed by atoms with E-state index in [4.69, 9.17) is 4.74 Å². The normalized spacial score (nSPS) is 17.5. The number of hydrogen-bond donors (Lipinski definition) is 2. The molecule has 8 nitrogen and oxygen atoms in total. The summed E-state index contributed by atoms with van der Waals surface area (Å²) in [5, 5.41) is 15.0. The van der Waals surface area contributed by atoms with Crippen molar-refractivity contribution in [2.24, 2.45) is 5.92 Å². The van der Waals surface area contributed by atoms with E-state index in [9.17, 15) is 18.5 Å². The Morgan fingerprint density at radius 2 is 1.90 bits per heavy atom. The molecule has 1 aliphatic heterocycles. The average molecular weight is 437 g/mol. The molecule has 0 aromatic heterocycles. The van der Waals surface area contributed by atoms with Crippen molar-refractivity contribution in [3.63, 3.8) is 0 Å². The van der Waals surface area contributed by atoms with E-state index >= 15 is 0 Å². The van der Waals surface area contributed by atoms with Crippen LogP contribution in [0.4, 0.5) is 5.69 Å². The van der Waals surface area contributed by atoms with Gasteiger partial charge in [0.2, 0.25) is 15.9 Å². The minimum Gasteiger partial charge on any atom is -0.495 e. The van der Waals surface area contributed by atoms with E-state index in [1.54, 1.807) is 13.0 Å². The Morgan fingerprint density at radius 1 is 1.27 bits per heavy atom. The fourth-order valence-electron chi connectivity index (χ4n) is 3.23. The fourth-order valence-corrected chi connectivity index (χ4v) is 4.77. The van der Waals surface area contributed by atoms with Crippen LogP contribution < -0.4 is 15.4 Å². The first-order chi connectivity index (χ1) is 14.1. The molecule has 1 aromatic rings. The SMILES string of the molecule is COc1ccc(S(=O)(=O)N2CCCCCC2)cc1NCC(=O)NC(C)(C#N)C(C)C. The van der Waals surface area contributed by atoms with Crippen LogP contribution in [0.1, 0.15) is 46.5 Å². The van der Waals surface area contributed by atoms with E-state index in [0.717, 1.165) is 25.7 Å². The summed E-state index contributed by atoms with van der Waals surface area (Å²) in [6.45, 7) is 6.30. The molecule has 1 aliphatic rings. The Bertz CT molecular complexity index is 887. The van der Waals surface area contributed by atoms with Gasteiger partial charge in [-0.25, -0.2) is 8.42 Å². The number of amides is 1. The van der Waals surface area contributed by atoms with Crippen molar-refractivity contribution in [1.82, 2.24) is 9.62 Å². The quantitative estimate of drug-likeness (QED) is 0.648. The van der Waals surface area contributed by atoms with Crippen LogP contribution in [0.5, 0.6) is 5.75 Å². The summed E-state index contributed by atoms with van der Waals surface area (Å²) in [4.78, 5) is 12.5. The number of nitriles is 1. The van der Waals surface area contributed by atoms with Gasteiger partial charge in [-0.2, -0.15) is 9.57 Å². The molecule has 1 heterocycles. The minimum absolute atomic E-state index is 0.0666. The molecule has 1 saturated heterocycles. The van der Waals surface area contributed by atoms with Gasteiger partial charge in [0, 0.05) is 13.1 Å². The summed E-state index contributed by atoms with van der Waals surface area (Å²) in [5.41, 5.74) is -0.576. The van der Waals surface area contributed by atoms with E-state index in [1.807, 2.05) is 13.8 Å². The molecule has 1 fully saturated rings. The van der Waals surface area contributed by atoms with E-state index in [1.165, 1.54) is 23.5 Å². The molecule has 30 heavy (non-hydrogen) atoms. The van der Waals surface area contributed by atoms with Crippen LogP contribution in [-0.2, 0) is 14.8 Å². The minimum atomic E-state index is -3.62. The van der Waals surface area contributed by atoms with Gasteiger partial charge in [0.1, 0.15) is 11.3 Å². The molecule has 0 bridgehead atoms. The van der Waals surface area contributed by atoms with Gasteiger partial charge in [0.25, 0.3) is 0 Å². The summed E-state index contributed by atoms with van der Waals surface area (Å²) in [5.74, 6) is 0.00295. The smallest absolute Gasteiger partial charge is 0.243 e. The van der Waals surface area contributed by atoms with Crippen LogP contribution in [0, 0.1) is 17.2 Å². The lowest BCUT2D eigenvalue weighted by Crippen LogP contribution is -2.50. The van der Waals surface area contributed by atoms with Crippen LogP contribution in [0.2, 0.25) is 0 Å². The molecular formula is C21H32N4O4S. The van der Waals surface area contributed by atoms with E-state index in [2.05, 4.69) is 16.7 Å². The largest absolute Gasteiger partial charge is 0.495 e.